The van der Waals surface area contributed by atoms with Crippen molar-refractivity contribution in [3.63, 3.8) is 0 Å². The number of hydrogen-bond donors (Lipinski definition) is 0. The zero-order chi connectivity index (χ0) is 15.8. The maximum atomic E-state index is 12.2. The van der Waals surface area contributed by atoms with Gasteiger partial charge in [-0.1, -0.05) is 12.1 Å². The Balaban J connectivity index is 1.82. The van der Waals surface area contributed by atoms with Crippen LogP contribution < -0.4 is 5.63 Å². The van der Waals surface area contributed by atoms with Crippen LogP contribution in [0.2, 0.25) is 0 Å². The van der Waals surface area contributed by atoms with E-state index in [1.165, 1.54) is 0 Å². The minimum atomic E-state index is -0.387. The van der Waals surface area contributed by atoms with Gasteiger partial charge in [0.1, 0.15) is 12.1 Å². The number of rotatable bonds is 2. The molecule has 4 rings (SSSR count). The number of aryl methyl sites for hydroxylation is 1. The molecule has 6 nitrogen and oxygen atoms in total. The zero-order valence-electron chi connectivity index (χ0n) is 12.3. The maximum absolute atomic E-state index is 12.2. The van der Waals surface area contributed by atoms with Gasteiger partial charge in [-0.15, -0.1) is 0 Å². The molecule has 0 aliphatic heterocycles. The van der Waals surface area contributed by atoms with E-state index in [9.17, 15) is 4.79 Å². The van der Waals surface area contributed by atoms with Crippen LogP contribution in [-0.2, 0) is 0 Å². The van der Waals surface area contributed by atoms with E-state index in [0.29, 0.717) is 16.5 Å². The summed E-state index contributed by atoms with van der Waals surface area (Å²) in [6.45, 7) is 1.86. The van der Waals surface area contributed by atoms with Crippen LogP contribution in [0.15, 0.2) is 64.5 Å². The van der Waals surface area contributed by atoms with Gasteiger partial charge in [-0.25, -0.2) is 19.7 Å². The second-order valence-electron chi connectivity index (χ2n) is 5.15. The minimum absolute atomic E-state index is 0.262. The predicted octanol–water partition coefficient (Wildman–Crippen LogP) is 2.74. The smallest absolute Gasteiger partial charge is 0.347 e. The highest BCUT2D eigenvalue weighted by Crippen LogP contribution is 2.20. The predicted molar refractivity (Wildman–Crippen MR) is 85.4 cm³/mol. The summed E-state index contributed by atoms with van der Waals surface area (Å²) in [4.78, 5) is 25.0. The molecule has 3 heterocycles. The van der Waals surface area contributed by atoms with Crippen LogP contribution in [0.1, 0.15) is 5.56 Å². The van der Waals surface area contributed by atoms with E-state index in [1.54, 1.807) is 35.6 Å². The molecule has 6 heteroatoms. The molecular weight excluding hydrogens is 292 g/mol. The van der Waals surface area contributed by atoms with Gasteiger partial charge in [0.05, 0.1) is 16.5 Å². The first kappa shape index (κ1) is 13.4. The maximum Gasteiger partial charge on any atom is 0.347 e. The molecule has 0 aliphatic carbocycles. The number of benzene rings is 1. The van der Waals surface area contributed by atoms with Gasteiger partial charge in [0.25, 0.3) is 0 Å². The quantitative estimate of drug-likeness (QED) is 0.569. The SMILES string of the molecule is Cc1cccc2nc(-c3ccc(-n4ccnc4)nc3)oc(=O)c12. The van der Waals surface area contributed by atoms with Crippen molar-refractivity contribution in [2.24, 2.45) is 0 Å². The van der Waals surface area contributed by atoms with Crippen molar-refractivity contribution in [3.05, 3.63) is 71.2 Å². The van der Waals surface area contributed by atoms with Crippen LogP contribution in [0.4, 0.5) is 0 Å². The van der Waals surface area contributed by atoms with Crippen molar-refractivity contribution in [3.8, 4) is 17.3 Å². The molecule has 0 bridgehead atoms. The second-order valence-corrected chi connectivity index (χ2v) is 5.15. The fourth-order valence-electron chi connectivity index (χ4n) is 2.47. The Labute approximate surface area is 131 Å². The molecule has 0 atom stereocenters. The molecule has 0 saturated heterocycles. The largest absolute Gasteiger partial charge is 0.403 e. The van der Waals surface area contributed by atoms with Crippen molar-refractivity contribution in [2.75, 3.05) is 0 Å². The van der Waals surface area contributed by atoms with Crippen LogP contribution in [-0.4, -0.2) is 19.5 Å². The van der Waals surface area contributed by atoms with Gasteiger partial charge >= 0.3 is 5.63 Å². The molecule has 4 aromatic rings. The Hall–Kier alpha value is -3.28. The lowest BCUT2D eigenvalue weighted by atomic mass is 10.1. The van der Waals surface area contributed by atoms with E-state index >= 15 is 0 Å². The van der Waals surface area contributed by atoms with Gasteiger partial charge in [-0.05, 0) is 30.7 Å². The van der Waals surface area contributed by atoms with Gasteiger partial charge in [0, 0.05) is 18.6 Å². The van der Waals surface area contributed by atoms with Crippen molar-refractivity contribution >= 4 is 10.9 Å². The highest BCUT2D eigenvalue weighted by molar-refractivity contribution is 5.81. The van der Waals surface area contributed by atoms with E-state index in [4.69, 9.17) is 4.42 Å². The Morgan fingerprint density at radius 2 is 2.09 bits per heavy atom. The van der Waals surface area contributed by atoms with Gasteiger partial charge in [0.15, 0.2) is 0 Å². The average molecular weight is 304 g/mol. The number of nitrogens with zero attached hydrogens (tertiary/aromatic N) is 4. The summed E-state index contributed by atoms with van der Waals surface area (Å²) in [7, 11) is 0. The van der Waals surface area contributed by atoms with Gasteiger partial charge in [0.2, 0.25) is 5.89 Å². The molecule has 0 spiro atoms. The number of imidazole rings is 1. The number of aromatic nitrogens is 4. The van der Waals surface area contributed by atoms with Crippen LogP contribution in [0.25, 0.3) is 28.2 Å². The first-order valence-electron chi connectivity index (χ1n) is 7.07. The van der Waals surface area contributed by atoms with Gasteiger partial charge in [-0.3, -0.25) is 4.57 Å². The highest BCUT2D eigenvalue weighted by atomic mass is 16.4. The summed E-state index contributed by atoms with van der Waals surface area (Å²) in [5.74, 6) is 0.989. The summed E-state index contributed by atoms with van der Waals surface area (Å²) in [5.41, 5.74) is 1.73. The van der Waals surface area contributed by atoms with E-state index in [0.717, 1.165) is 11.4 Å². The molecule has 0 aliphatic rings. The van der Waals surface area contributed by atoms with Crippen LogP contribution in [0.3, 0.4) is 0 Å². The van der Waals surface area contributed by atoms with Gasteiger partial charge in [-0.2, -0.15) is 0 Å². The molecule has 0 fully saturated rings. The Bertz CT molecular complexity index is 1030. The molecule has 0 saturated carbocycles. The lowest BCUT2D eigenvalue weighted by molar-refractivity contribution is 0.518. The lowest BCUT2D eigenvalue weighted by Gasteiger charge is -2.04. The molecule has 0 unspecified atom stereocenters. The number of fused-ring (bicyclic) bond motifs is 1. The summed E-state index contributed by atoms with van der Waals surface area (Å²) in [6, 6.07) is 9.17. The minimum Gasteiger partial charge on any atom is -0.403 e. The van der Waals surface area contributed by atoms with E-state index < -0.39 is 0 Å². The van der Waals surface area contributed by atoms with Crippen LogP contribution in [0, 0.1) is 6.92 Å². The van der Waals surface area contributed by atoms with Crippen molar-refractivity contribution < 1.29 is 4.42 Å². The Kier molecular flexibility index (Phi) is 3.01. The summed E-state index contributed by atoms with van der Waals surface area (Å²) in [5, 5.41) is 0.513. The zero-order valence-corrected chi connectivity index (χ0v) is 12.3. The first-order chi connectivity index (χ1) is 11.2. The molecule has 1 aromatic carbocycles. The summed E-state index contributed by atoms with van der Waals surface area (Å²) >= 11 is 0. The topological polar surface area (TPSA) is 73.8 Å². The molecular formula is C17H12N4O2. The molecule has 0 radical (unpaired) electrons. The fraction of sp³-hybridized carbons (Fsp3) is 0.0588. The summed E-state index contributed by atoms with van der Waals surface area (Å²) < 4.78 is 7.15. The third kappa shape index (κ3) is 2.30. The Morgan fingerprint density at radius 1 is 1.17 bits per heavy atom. The number of hydrogen-bond acceptors (Lipinski definition) is 5. The molecule has 0 amide bonds. The number of pyridine rings is 1. The lowest BCUT2D eigenvalue weighted by Crippen LogP contribution is -2.05. The Morgan fingerprint density at radius 3 is 2.83 bits per heavy atom. The standard InChI is InChI=1S/C17H12N4O2/c1-11-3-2-4-13-15(11)17(22)23-16(20-13)12-5-6-14(19-9-12)21-8-7-18-10-21/h2-10H,1H3. The monoisotopic (exact) mass is 304 g/mol. The van der Waals surface area contributed by atoms with Crippen LogP contribution >= 0.6 is 0 Å². The first-order valence-corrected chi connectivity index (χ1v) is 7.07. The third-order valence-electron chi connectivity index (χ3n) is 3.63. The third-order valence-corrected chi connectivity index (χ3v) is 3.63. The van der Waals surface area contributed by atoms with Crippen LogP contribution in [0.5, 0.6) is 0 Å². The van der Waals surface area contributed by atoms with E-state index in [-0.39, 0.29) is 11.5 Å². The molecule has 112 valence electrons. The van der Waals surface area contributed by atoms with Crippen molar-refractivity contribution in [2.45, 2.75) is 6.92 Å². The average Bonchev–Trinajstić information content (AvgIpc) is 3.09. The molecule has 23 heavy (non-hydrogen) atoms. The molecule has 0 N–H and O–H groups in total. The van der Waals surface area contributed by atoms with Crippen molar-refractivity contribution in [1.82, 2.24) is 19.5 Å². The van der Waals surface area contributed by atoms with E-state index in [2.05, 4.69) is 15.0 Å². The second kappa shape index (κ2) is 5.17. The van der Waals surface area contributed by atoms with Gasteiger partial charge < -0.3 is 4.42 Å². The normalized spacial score (nSPS) is 11.0. The highest BCUT2D eigenvalue weighted by Gasteiger charge is 2.10. The summed E-state index contributed by atoms with van der Waals surface area (Å²) in [6.07, 6.45) is 6.78. The van der Waals surface area contributed by atoms with E-state index in [1.807, 2.05) is 31.2 Å². The fourth-order valence-corrected chi connectivity index (χ4v) is 2.47. The van der Waals surface area contributed by atoms with Crippen molar-refractivity contribution in [1.29, 1.82) is 0 Å². The molecule has 3 aromatic heterocycles.